The maximum Gasteiger partial charge on any atom is 0.257 e. The minimum atomic E-state index is -0.615. The van der Waals surface area contributed by atoms with Crippen molar-refractivity contribution in [2.45, 2.75) is 26.0 Å². The molecule has 2 rings (SSSR count). The molecule has 1 saturated heterocycles. The second-order valence-corrected chi connectivity index (χ2v) is 4.76. The fourth-order valence-corrected chi connectivity index (χ4v) is 2.31. The van der Waals surface area contributed by atoms with Gasteiger partial charge in [0, 0.05) is 19.8 Å². The highest BCUT2D eigenvalue weighted by molar-refractivity contribution is 5.96. The first-order valence-corrected chi connectivity index (χ1v) is 5.96. The first kappa shape index (κ1) is 13.0. The highest BCUT2D eigenvalue weighted by Gasteiger charge is 2.34. The minimum Gasteiger partial charge on any atom is -0.388 e. The zero-order chi connectivity index (χ0) is 13.4. The predicted octanol–water partition coefficient (Wildman–Crippen LogP) is -0.131. The first-order valence-electron chi connectivity index (χ1n) is 5.96. The van der Waals surface area contributed by atoms with Gasteiger partial charge in [-0.25, -0.2) is 0 Å². The van der Waals surface area contributed by atoms with E-state index in [0.717, 1.165) is 5.69 Å². The van der Waals surface area contributed by atoms with E-state index in [2.05, 4.69) is 5.10 Å². The van der Waals surface area contributed by atoms with Gasteiger partial charge in [0.2, 0.25) is 0 Å². The Morgan fingerprint density at radius 1 is 1.50 bits per heavy atom. The van der Waals surface area contributed by atoms with Crippen molar-refractivity contribution in [1.29, 1.82) is 0 Å². The van der Waals surface area contributed by atoms with Crippen molar-refractivity contribution in [2.75, 3.05) is 20.3 Å². The van der Waals surface area contributed by atoms with Gasteiger partial charge in [-0.2, -0.15) is 5.10 Å². The van der Waals surface area contributed by atoms with E-state index in [9.17, 15) is 9.90 Å². The SMILES string of the molecule is Cc1nn(C)c(C)c1C(=O)N(C)[C@@H]1COC[C@H]1O. The number of amides is 1. The molecule has 0 saturated carbocycles. The maximum absolute atomic E-state index is 12.4. The Bertz CT molecular complexity index is 469. The summed E-state index contributed by atoms with van der Waals surface area (Å²) in [6.45, 7) is 4.34. The topological polar surface area (TPSA) is 67.6 Å². The van der Waals surface area contributed by atoms with Crippen LogP contribution in [0.4, 0.5) is 0 Å². The number of rotatable bonds is 2. The number of likely N-dealkylation sites (N-methyl/N-ethyl adjacent to an activating group) is 1. The number of aromatic nitrogens is 2. The van der Waals surface area contributed by atoms with Crippen molar-refractivity contribution in [3.05, 3.63) is 17.0 Å². The second-order valence-electron chi connectivity index (χ2n) is 4.76. The number of carbonyl (C=O) groups excluding carboxylic acids is 1. The molecule has 1 aromatic rings. The van der Waals surface area contributed by atoms with Gasteiger partial charge in [-0.05, 0) is 13.8 Å². The summed E-state index contributed by atoms with van der Waals surface area (Å²) in [6.07, 6.45) is -0.615. The van der Waals surface area contributed by atoms with Gasteiger partial charge in [0.1, 0.15) is 0 Å². The molecule has 0 spiro atoms. The lowest BCUT2D eigenvalue weighted by Crippen LogP contribution is -2.44. The van der Waals surface area contributed by atoms with Crippen LogP contribution in [0.2, 0.25) is 0 Å². The molecule has 18 heavy (non-hydrogen) atoms. The van der Waals surface area contributed by atoms with Gasteiger partial charge in [-0.3, -0.25) is 9.48 Å². The Morgan fingerprint density at radius 3 is 2.61 bits per heavy atom. The minimum absolute atomic E-state index is 0.118. The van der Waals surface area contributed by atoms with Crippen LogP contribution in [0.15, 0.2) is 0 Å². The molecule has 1 N–H and O–H groups in total. The fourth-order valence-electron chi connectivity index (χ4n) is 2.31. The van der Waals surface area contributed by atoms with Gasteiger partial charge in [-0.1, -0.05) is 0 Å². The quantitative estimate of drug-likeness (QED) is 0.797. The number of aliphatic hydroxyl groups is 1. The number of hydrogen-bond donors (Lipinski definition) is 1. The Kier molecular flexibility index (Phi) is 3.41. The fraction of sp³-hybridized carbons (Fsp3) is 0.667. The molecular formula is C12H19N3O3. The van der Waals surface area contributed by atoms with E-state index in [-0.39, 0.29) is 18.6 Å². The Labute approximate surface area is 106 Å². The summed E-state index contributed by atoms with van der Waals surface area (Å²) in [4.78, 5) is 14.0. The molecule has 6 heteroatoms. The number of carbonyl (C=O) groups is 1. The first-order chi connectivity index (χ1) is 8.43. The van der Waals surface area contributed by atoms with Crippen LogP contribution >= 0.6 is 0 Å². The standard InChI is InChI=1S/C12H19N3O3/c1-7-11(8(2)15(4)13-7)12(17)14(3)9-5-18-6-10(9)16/h9-10,16H,5-6H2,1-4H3/t9-,10-/m1/s1. The second kappa shape index (κ2) is 4.70. The molecule has 1 aliphatic heterocycles. The molecule has 0 radical (unpaired) electrons. The summed E-state index contributed by atoms with van der Waals surface area (Å²) in [7, 11) is 3.50. The summed E-state index contributed by atoms with van der Waals surface area (Å²) >= 11 is 0. The molecule has 0 aliphatic carbocycles. The molecule has 0 aromatic carbocycles. The van der Waals surface area contributed by atoms with Crippen LogP contribution in [0.1, 0.15) is 21.7 Å². The van der Waals surface area contributed by atoms with Gasteiger partial charge in [0.15, 0.2) is 0 Å². The molecule has 100 valence electrons. The van der Waals surface area contributed by atoms with Crippen LogP contribution in [0, 0.1) is 13.8 Å². The van der Waals surface area contributed by atoms with E-state index in [4.69, 9.17) is 4.74 Å². The number of aryl methyl sites for hydroxylation is 2. The molecule has 1 aromatic heterocycles. The zero-order valence-corrected chi connectivity index (χ0v) is 11.2. The van der Waals surface area contributed by atoms with E-state index in [1.807, 2.05) is 20.9 Å². The van der Waals surface area contributed by atoms with Gasteiger partial charge in [-0.15, -0.1) is 0 Å². The summed E-state index contributed by atoms with van der Waals surface area (Å²) in [5.41, 5.74) is 2.15. The molecular weight excluding hydrogens is 234 g/mol. The third-order valence-corrected chi connectivity index (χ3v) is 3.56. The van der Waals surface area contributed by atoms with E-state index in [1.54, 1.807) is 16.6 Å². The van der Waals surface area contributed by atoms with Crippen molar-refractivity contribution in [3.8, 4) is 0 Å². The zero-order valence-electron chi connectivity index (χ0n) is 11.2. The predicted molar refractivity (Wildman–Crippen MR) is 65.4 cm³/mol. The molecule has 2 atom stereocenters. The summed E-state index contributed by atoms with van der Waals surface area (Å²) in [6, 6.07) is -0.281. The summed E-state index contributed by atoms with van der Waals surface area (Å²) < 4.78 is 6.87. The van der Waals surface area contributed by atoms with Gasteiger partial charge in [0.05, 0.1) is 36.6 Å². The summed E-state index contributed by atoms with van der Waals surface area (Å²) in [5, 5.41) is 14.0. The number of hydrogen-bond acceptors (Lipinski definition) is 4. The van der Waals surface area contributed by atoms with Crippen LogP contribution in [-0.4, -0.2) is 58.1 Å². The van der Waals surface area contributed by atoms with Crippen LogP contribution in [0.5, 0.6) is 0 Å². The third kappa shape index (κ3) is 2.02. The summed E-state index contributed by atoms with van der Waals surface area (Å²) in [5.74, 6) is -0.118. The van der Waals surface area contributed by atoms with Crippen LogP contribution in [0.3, 0.4) is 0 Å². The van der Waals surface area contributed by atoms with Crippen molar-refractivity contribution in [1.82, 2.24) is 14.7 Å². The van der Waals surface area contributed by atoms with Crippen LogP contribution in [0.25, 0.3) is 0 Å². The smallest absolute Gasteiger partial charge is 0.257 e. The molecule has 6 nitrogen and oxygen atoms in total. The Balaban J connectivity index is 2.25. The molecule has 0 bridgehead atoms. The molecule has 0 unspecified atom stereocenters. The van der Waals surface area contributed by atoms with Crippen molar-refractivity contribution in [3.63, 3.8) is 0 Å². The third-order valence-electron chi connectivity index (χ3n) is 3.56. The normalized spacial score (nSPS) is 23.4. The number of nitrogens with zero attached hydrogens (tertiary/aromatic N) is 3. The van der Waals surface area contributed by atoms with E-state index in [1.165, 1.54) is 0 Å². The van der Waals surface area contributed by atoms with Crippen LogP contribution < -0.4 is 0 Å². The van der Waals surface area contributed by atoms with Crippen molar-refractivity contribution in [2.24, 2.45) is 7.05 Å². The van der Waals surface area contributed by atoms with Crippen molar-refractivity contribution >= 4 is 5.91 Å². The maximum atomic E-state index is 12.4. The average molecular weight is 253 g/mol. The highest BCUT2D eigenvalue weighted by Crippen LogP contribution is 2.18. The highest BCUT2D eigenvalue weighted by atomic mass is 16.5. The van der Waals surface area contributed by atoms with E-state index in [0.29, 0.717) is 17.9 Å². The lowest BCUT2D eigenvalue weighted by Gasteiger charge is -2.25. The van der Waals surface area contributed by atoms with E-state index >= 15 is 0 Å². The monoisotopic (exact) mass is 253 g/mol. The lowest BCUT2D eigenvalue weighted by molar-refractivity contribution is 0.0579. The van der Waals surface area contributed by atoms with Gasteiger partial charge < -0.3 is 14.7 Å². The molecule has 1 aliphatic rings. The molecule has 2 heterocycles. The lowest BCUT2D eigenvalue weighted by atomic mass is 10.1. The largest absolute Gasteiger partial charge is 0.388 e. The molecule has 1 fully saturated rings. The van der Waals surface area contributed by atoms with E-state index < -0.39 is 6.10 Å². The van der Waals surface area contributed by atoms with Crippen molar-refractivity contribution < 1.29 is 14.6 Å². The van der Waals surface area contributed by atoms with Gasteiger partial charge in [0.25, 0.3) is 5.91 Å². The Hall–Kier alpha value is -1.40. The molecule has 1 amide bonds. The number of aliphatic hydroxyl groups excluding tert-OH is 1. The van der Waals surface area contributed by atoms with Gasteiger partial charge >= 0.3 is 0 Å². The number of ether oxygens (including phenoxy) is 1. The average Bonchev–Trinajstić information content (AvgIpc) is 2.83. The van der Waals surface area contributed by atoms with Crippen LogP contribution in [-0.2, 0) is 11.8 Å². The Morgan fingerprint density at radius 2 is 2.17 bits per heavy atom.